The first-order valence-electron chi connectivity index (χ1n) is 11.4. The molecule has 0 radical (unpaired) electrons. The summed E-state index contributed by atoms with van der Waals surface area (Å²) in [5, 5.41) is 14.5. The second-order valence-corrected chi connectivity index (χ2v) is 11.3. The van der Waals surface area contributed by atoms with Crippen molar-refractivity contribution in [1.82, 2.24) is 24.7 Å². The Bertz CT molecular complexity index is 1430. The topological polar surface area (TPSA) is 82.1 Å². The molecule has 168 valence electrons. The maximum atomic E-state index is 9.61. The van der Waals surface area contributed by atoms with E-state index in [1.54, 1.807) is 11.3 Å². The molecule has 33 heavy (non-hydrogen) atoms. The molecular weight excluding hydrogens is 430 g/mol. The summed E-state index contributed by atoms with van der Waals surface area (Å²) < 4.78 is 3.02. The number of nitrogens with zero attached hydrogens (tertiary/aromatic N) is 6. The van der Waals surface area contributed by atoms with Crippen LogP contribution in [0.3, 0.4) is 0 Å². The minimum Gasteiger partial charge on any atom is -0.348 e. The Kier molecular flexibility index (Phi) is 4.36. The number of aromatic nitrogens is 4. The number of nitriles is 1. The molecule has 2 bridgehead atoms. The third-order valence-corrected chi connectivity index (χ3v) is 8.51. The summed E-state index contributed by atoms with van der Waals surface area (Å²) in [5.41, 5.74) is 5.22. The molecule has 1 N–H and O–H groups in total. The fourth-order valence-corrected chi connectivity index (χ4v) is 6.83. The Balaban J connectivity index is 1.34. The van der Waals surface area contributed by atoms with Crippen LogP contribution in [0.2, 0.25) is 0 Å². The first-order valence-corrected chi connectivity index (χ1v) is 12.2. The molecule has 2 aliphatic rings. The van der Waals surface area contributed by atoms with Gasteiger partial charge in [-0.2, -0.15) is 5.26 Å². The van der Waals surface area contributed by atoms with Crippen molar-refractivity contribution < 1.29 is 0 Å². The number of hydrogen-bond donors (Lipinski definition) is 1. The molecule has 0 spiro atoms. The van der Waals surface area contributed by atoms with Crippen LogP contribution in [0.25, 0.3) is 27.1 Å². The summed E-state index contributed by atoms with van der Waals surface area (Å²) in [5.74, 6) is 0. The van der Waals surface area contributed by atoms with E-state index in [1.807, 2.05) is 36.0 Å². The molecule has 6 heterocycles. The van der Waals surface area contributed by atoms with Gasteiger partial charge in [0.2, 0.25) is 0 Å². The van der Waals surface area contributed by atoms with Crippen molar-refractivity contribution in [2.75, 3.05) is 11.9 Å². The molecule has 0 saturated carbocycles. The summed E-state index contributed by atoms with van der Waals surface area (Å²) in [6.07, 6.45) is 10.5. The predicted octanol–water partition coefficient (Wildman–Crippen LogP) is 4.69. The van der Waals surface area contributed by atoms with Gasteiger partial charge >= 0.3 is 0 Å². The second-order valence-electron chi connectivity index (χ2n) is 10.3. The number of hydrogen-bond acceptors (Lipinski definition) is 7. The number of pyridine rings is 2. The second kappa shape index (κ2) is 6.99. The summed E-state index contributed by atoms with van der Waals surface area (Å²) in [4.78, 5) is 16.4. The van der Waals surface area contributed by atoms with Gasteiger partial charge in [0.15, 0.2) is 10.8 Å². The monoisotopic (exact) mass is 457 g/mol. The Morgan fingerprint density at radius 3 is 2.67 bits per heavy atom. The quantitative estimate of drug-likeness (QED) is 0.481. The van der Waals surface area contributed by atoms with Gasteiger partial charge in [-0.25, -0.2) is 9.97 Å². The average molecular weight is 458 g/mol. The highest BCUT2D eigenvalue weighted by molar-refractivity contribution is 7.22. The molecule has 4 aromatic heterocycles. The number of thiazole rings is 1. The number of imidazole rings is 1. The van der Waals surface area contributed by atoms with E-state index in [4.69, 9.17) is 4.98 Å². The van der Waals surface area contributed by atoms with Gasteiger partial charge in [-0.1, -0.05) is 11.3 Å². The molecule has 6 rings (SSSR count). The van der Waals surface area contributed by atoms with Gasteiger partial charge in [-0.05, 0) is 58.6 Å². The van der Waals surface area contributed by atoms with E-state index >= 15 is 0 Å². The molecule has 2 unspecified atom stereocenters. The van der Waals surface area contributed by atoms with Crippen LogP contribution in [-0.2, 0) is 0 Å². The van der Waals surface area contributed by atoms with Crippen molar-refractivity contribution >= 4 is 32.3 Å². The average Bonchev–Trinajstić information content (AvgIpc) is 3.43. The summed E-state index contributed by atoms with van der Waals surface area (Å²) in [7, 11) is 2.18. The molecule has 2 fully saturated rings. The Hall–Kier alpha value is -3.02. The van der Waals surface area contributed by atoms with Crippen molar-refractivity contribution in [1.29, 1.82) is 5.26 Å². The number of fused-ring (bicyclic) bond motifs is 4. The van der Waals surface area contributed by atoms with E-state index < -0.39 is 0 Å². The predicted molar refractivity (Wildman–Crippen MR) is 132 cm³/mol. The van der Waals surface area contributed by atoms with Crippen LogP contribution in [0.15, 0.2) is 30.7 Å². The highest BCUT2D eigenvalue weighted by Gasteiger charge is 2.49. The zero-order chi connectivity index (χ0) is 23.0. The van der Waals surface area contributed by atoms with Crippen molar-refractivity contribution in [3.63, 3.8) is 0 Å². The number of aryl methyl sites for hydroxylation is 1. The number of nitrogens with one attached hydrogen (secondary N) is 1. The van der Waals surface area contributed by atoms with Crippen LogP contribution in [0.1, 0.15) is 50.8 Å². The summed E-state index contributed by atoms with van der Waals surface area (Å²) in [6.45, 7) is 6.66. The lowest BCUT2D eigenvalue weighted by Crippen LogP contribution is -2.58. The Morgan fingerprint density at radius 2 is 1.94 bits per heavy atom. The lowest BCUT2D eigenvalue weighted by atomic mass is 9.84. The maximum absolute atomic E-state index is 9.61. The fraction of sp³-hybridized carbons (Fsp3) is 0.440. The smallest absolute Gasteiger partial charge is 0.186 e. The van der Waals surface area contributed by atoms with Crippen LogP contribution < -0.4 is 10.2 Å². The van der Waals surface area contributed by atoms with Gasteiger partial charge in [-0.15, -0.1) is 0 Å². The molecule has 4 aromatic rings. The van der Waals surface area contributed by atoms with E-state index in [9.17, 15) is 5.26 Å². The van der Waals surface area contributed by atoms with Crippen LogP contribution in [-0.4, -0.2) is 43.5 Å². The lowest BCUT2D eigenvalue weighted by molar-refractivity contribution is 0.208. The number of rotatable bonds is 3. The van der Waals surface area contributed by atoms with E-state index in [2.05, 4.69) is 53.2 Å². The Labute approximate surface area is 197 Å². The van der Waals surface area contributed by atoms with E-state index in [0.29, 0.717) is 17.3 Å². The number of anilines is 1. The van der Waals surface area contributed by atoms with Crippen LogP contribution >= 0.6 is 11.3 Å². The van der Waals surface area contributed by atoms with Gasteiger partial charge in [0.05, 0.1) is 27.8 Å². The van der Waals surface area contributed by atoms with Gasteiger partial charge < -0.3 is 14.6 Å². The minimum absolute atomic E-state index is 0.222. The largest absolute Gasteiger partial charge is 0.348 e. The van der Waals surface area contributed by atoms with Crippen LogP contribution in [0, 0.1) is 18.3 Å². The van der Waals surface area contributed by atoms with Gasteiger partial charge in [-0.3, -0.25) is 4.98 Å². The van der Waals surface area contributed by atoms with Crippen molar-refractivity contribution in [2.24, 2.45) is 0 Å². The minimum atomic E-state index is 0.222. The first kappa shape index (κ1) is 20.6. The number of piperidine rings is 1. The third-order valence-electron chi connectivity index (χ3n) is 7.41. The van der Waals surface area contributed by atoms with Crippen molar-refractivity contribution in [2.45, 2.75) is 63.6 Å². The molecule has 7 nitrogen and oxygen atoms in total. The van der Waals surface area contributed by atoms with Crippen molar-refractivity contribution in [3.8, 4) is 17.3 Å². The summed E-state index contributed by atoms with van der Waals surface area (Å²) >= 11 is 1.72. The molecule has 2 atom stereocenters. The molecule has 2 aliphatic heterocycles. The van der Waals surface area contributed by atoms with Crippen molar-refractivity contribution in [3.05, 3.63) is 42.0 Å². The normalized spacial score (nSPS) is 26.7. The van der Waals surface area contributed by atoms with Crippen LogP contribution in [0.4, 0.5) is 5.13 Å². The Morgan fingerprint density at radius 1 is 1.18 bits per heavy atom. The summed E-state index contributed by atoms with van der Waals surface area (Å²) in [6, 6.07) is 6.71. The molecule has 0 amide bonds. The lowest BCUT2D eigenvalue weighted by Gasteiger charge is -2.45. The van der Waals surface area contributed by atoms with Gasteiger partial charge in [0, 0.05) is 42.1 Å². The molecule has 8 heteroatoms. The molecule has 2 saturated heterocycles. The van der Waals surface area contributed by atoms with Crippen LogP contribution in [0.5, 0.6) is 0 Å². The van der Waals surface area contributed by atoms with E-state index in [-0.39, 0.29) is 11.1 Å². The van der Waals surface area contributed by atoms with Gasteiger partial charge in [0.25, 0.3) is 0 Å². The van der Waals surface area contributed by atoms with Gasteiger partial charge in [0.1, 0.15) is 11.6 Å². The molecular formula is C25H27N7S. The molecule has 0 aliphatic carbocycles. The standard InChI is InChI=1S/C25H27N7S/c1-15-13-32-14-17(7-16(11-26)22(32)28-15)19-8-21-20(12-27-19)29-23(33-21)31(4)18-9-24(2)5-6-25(3,10-18)30-24/h7-8,12-14,18,30H,5-6,9-10H2,1-4H3. The molecule has 0 aromatic carbocycles. The highest BCUT2D eigenvalue weighted by Crippen LogP contribution is 2.44. The first-order chi connectivity index (χ1) is 15.7. The maximum Gasteiger partial charge on any atom is 0.186 e. The van der Waals surface area contributed by atoms with E-state index in [0.717, 1.165) is 45.1 Å². The van der Waals surface area contributed by atoms with E-state index in [1.165, 1.54) is 12.8 Å². The zero-order valence-electron chi connectivity index (χ0n) is 19.4. The third kappa shape index (κ3) is 3.38. The zero-order valence-corrected chi connectivity index (χ0v) is 20.2. The SMILES string of the molecule is Cc1cn2cc(-c3cc4sc(N(C)C5CC6(C)CCC(C)(C5)N6)nc4cn3)cc(C#N)c2n1. The fourth-order valence-electron chi connectivity index (χ4n) is 5.83. The highest BCUT2D eigenvalue weighted by atomic mass is 32.1.